The molecule has 4 heteroatoms. The van der Waals surface area contributed by atoms with Gasteiger partial charge in [0.1, 0.15) is 5.82 Å². The highest BCUT2D eigenvalue weighted by molar-refractivity contribution is 5.47. The van der Waals surface area contributed by atoms with Gasteiger partial charge in [-0.1, -0.05) is 50.1 Å². The molecular weight excluding hydrogens is 275 g/mol. The van der Waals surface area contributed by atoms with Crippen LogP contribution < -0.4 is 5.32 Å². The van der Waals surface area contributed by atoms with Crippen molar-refractivity contribution in [3.63, 3.8) is 0 Å². The van der Waals surface area contributed by atoms with Crippen LogP contribution in [0.4, 0.5) is 18.9 Å². The highest BCUT2D eigenvalue weighted by Gasteiger charge is 2.16. The molecule has 21 heavy (non-hydrogen) atoms. The van der Waals surface area contributed by atoms with Gasteiger partial charge >= 0.3 is 0 Å². The molecule has 0 aromatic heterocycles. The van der Waals surface area contributed by atoms with E-state index in [1.54, 1.807) is 0 Å². The molecule has 2 rings (SSSR count). The largest absolute Gasteiger partial charge is 0.376 e. The number of unbranched alkanes of at least 4 members (excludes halogenated alkanes) is 1. The second-order valence-electron chi connectivity index (χ2n) is 5.00. The van der Waals surface area contributed by atoms with Crippen molar-refractivity contribution in [2.45, 2.75) is 32.2 Å². The fourth-order valence-corrected chi connectivity index (χ4v) is 2.26. The number of benzene rings is 2. The van der Waals surface area contributed by atoms with Crippen LogP contribution in [0.15, 0.2) is 42.5 Å². The molecule has 0 heterocycles. The van der Waals surface area contributed by atoms with E-state index in [1.807, 2.05) is 30.3 Å². The van der Waals surface area contributed by atoms with Gasteiger partial charge in [-0.2, -0.15) is 0 Å². The van der Waals surface area contributed by atoms with Gasteiger partial charge in [-0.25, -0.2) is 13.2 Å². The number of anilines is 1. The first-order valence-corrected chi connectivity index (χ1v) is 7.08. The zero-order valence-corrected chi connectivity index (χ0v) is 11.9. The van der Waals surface area contributed by atoms with Crippen LogP contribution in [0.5, 0.6) is 0 Å². The molecule has 0 bridgehead atoms. The predicted octanol–water partition coefficient (Wildman–Crippen LogP) is 5.45. The topological polar surface area (TPSA) is 12.0 Å². The standard InChI is InChI=1S/C17H18F3N/c1-2-3-9-15(12-7-5-4-6-8-12)21-16-11-13(18)10-14(19)17(16)20/h4-8,10-11,15,21H,2-3,9H2,1H3. The van der Waals surface area contributed by atoms with Gasteiger partial charge in [-0.05, 0) is 12.0 Å². The van der Waals surface area contributed by atoms with Crippen molar-refractivity contribution in [1.82, 2.24) is 0 Å². The molecule has 0 fully saturated rings. The summed E-state index contributed by atoms with van der Waals surface area (Å²) in [6, 6.07) is 10.9. The average Bonchev–Trinajstić information content (AvgIpc) is 2.49. The van der Waals surface area contributed by atoms with Crippen molar-refractivity contribution in [3.05, 3.63) is 65.5 Å². The Hall–Kier alpha value is -1.97. The normalized spacial score (nSPS) is 12.2. The summed E-state index contributed by atoms with van der Waals surface area (Å²) in [5.74, 6) is -3.02. The van der Waals surface area contributed by atoms with Crippen molar-refractivity contribution >= 4 is 5.69 Å². The molecule has 0 aliphatic carbocycles. The smallest absolute Gasteiger partial charge is 0.182 e. The van der Waals surface area contributed by atoms with Gasteiger partial charge in [-0.15, -0.1) is 0 Å². The molecule has 1 unspecified atom stereocenters. The molecule has 0 amide bonds. The van der Waals surface area contributed by atoms with Gasteiger partial charge in [0, 0.05) is 12.1 Å². The molecule has 0 aliphatic heterocycles. The van der Waals surface area contributed by atoms with Gasteiger partial charge in [0.15, 0.2) is 11.6 Å². The van der Waals surface area contributed by atoms with Gasteiger partial charge < -0.3 is 5.32 Å². The minimum atomic E-state index is -1.18. The van der Waals surface area contributed by atoms with Crippen molar-refractivity contribution < 1.29 is 13.2 Å². The molecule has 0 radical (unpaired) electrons. The van der Waals surface area contributed by atoms with Crippen molar-refractivity contribution in [1.29, 1.82) is 0 Å². The van der Waals surface area contributed by atoms with E-state index in [2.05, 4.69) is 12.2 Å². The van der Waals surface area contributed by atoms with E-state index in [1.165, 1.54) is 0 Å². The third-order valence-electron chi connectivity index (χ3n) is 3.37. The minimum Gasteiger partial charge on any atom is -0.376 e. The Morgan fingerprint density at radius 2 is 1.76 bits per heavy atom. The van der Waals surface area contributed by atoms with E-state index < -0.39 is 17.5 Å². The van der Waals surface area contributed by atoms with Crippen LogP contribution in [0.1, 0.15) is 37.8 Å². The van der Waals surface area contributed by atoms with Crippen molar-refractivity contribution in [3.8, 4) is 0 Å². The summed E-state index contributed by atoms with van der Waals surface area (Å²) in [4.78, 5) is 0. The Morgan fingerprint density at radius 3 is 2.43 bits per heavy atom. The monoisotopic (exact) mass is 293 g/mol. The molecule has 0 saturated heterocycles. The van der Waals surface area contributed by atoms with Crippen LogP contribution in [0.3, 0.4) is 0 Å². The minimum absolute atomic E-state index is 0.141. The molecule has 1 atom stereocenters. The van der Waals surface area contributed by atoms with Crippen LogP contribution in [0.25, 0.3) is 0 Å². The zero-order valence-electron chi connectivity index (χ0n) is 11.9. The lowest BCUT2D eigenvalue weighted by molar-refractivity contribution is 0.495. The Morgan fingerprint density at radius 1 is 1.05 bits per heavy atom. The highest BCUT2D eigenvalue weighted by atomic mass is 19.2. The lowest BCUT2D eigenvalue weighted by atomic mass is 10.0. The van der Waals surface area contributed by atoms with Gasteiger partial charge in [0.2, 0.25) is 0 Å². The number of nitrogens with one attached hydrogen (secondary N) is 1. The van der Waals surface area contributed by atoms with Crippen LogP contribution >= 0.6 is 0 Å². The maximum atomic E-state index is 13.8. The number of halogens is 3. The predicted molar refractivity (Wildman–Crippen MR) is 78.6 cm³/mol. The molecule has 2 aromatic rings. The Kier molecular flexibility index (Phi) is 5.26. The van der Waals surface area contributed by atoms with E-state index >= 15 is 0 Å². The number of rotatable bonds is 6. The summed E-state index contributed by atoms with van der Waals surface area (Å²) in [6.07, 6.45) is 2.69. The maximum absolute atomic E-state index is 13.8. The quantitative estimate of drug-likeness (QED) is 0.698. The summed E-state index contributed by atoms with van der Waals surface area (Å²) in [5, 5.41) is 2.93. The second-order valence-corrected chi connectivity index (χ2v) is 5.00. The Balaban J connectivity index is 2.27. The molecule has 0 aliphatic rings. The maximum Gasteiger partial charge on any atom is 0.182 e. The summed E-state index contributed by atoms with van der Waals surface area (Å²) >= 11 is 0. The molecule has 0 saturated carbocycles. The first-order valence-electron chi connectivity index (χ1n) is 7.08. The summed E-state index contributed by atoms with van der Waals surface area (Å²) in [7, 11) is 0. The Labute approximate surface area is 122 Å². The zero-order chi connectivity index (χ0) is 15.2. The van der Waals surface area contributed by atoms with Crippen LogP contribution in [0.2, 0.25) is 0 Å². The number of hydrogen-bond donors (Lipinski definition) is 1. The van der Waals surface area contributed by atoms with E-state index in [0.717, 1.165) is 30.9 Å². The molecular formula is C17H18F3N. The van der Waals surface area contributed by atoms with E-state index in [9.17, 15) is 13.2 Å². The first-order chi connectivity index (χ1) is 10.1. The van der Waals surface area contributed by atoms with E-state index in [0.29, 0.717) is 6.07 Å². The van der Waals surface area contributed by atoms with Gasteiger partial charge in [-0.3, -0.25) is 0 Å². The third-order valence-corrected chi connectivity index (χ3v) is 3.37. The third kappa shape index (κ3) is 4.00. The first kappa shape index (κ1) is 15.4. The summed E-state index contributed by atoms with van der Waals surface area (Å²) in [5.41, 5.74) is 0.826. The SMILES string of the molecule is CCCCC(Nc1cc(F)cc(F)c1F)c1ccccc1. The second kappa shape index (κ2) is 7.16. The fourth-order valence-electron chi connectivity index (χ4n) is 2.26. The van der Waals surface area contributed by atoms with Crippen LogP contribution in [-0.2, 0) is 0 Å². The lowest BCUT2D eigenvalue weighted by Crippen LogP contribution is -2.12. The van der Waals surface area contributed by atoms with E-state index in [-0.39, 0.29) is 11.7 Å². The summed E-state index contributed by atoms with van der Waals surface area (Å²) in [6.45, 7) is 2.06. The van der Waals surface area contributed by atoms with E-state index in [4.69, 9.17) is 0 Å². The summed E-state index contributed by atoms with van der Waals surface area (Å²) < 4.78 is 40.3. The molecule has 1 N–H and O–H groups in total. The molecule has 0 spiro atoms. The number of hydrogen-bond acceptors (Lipinski definition) is 1. The molecule has 112 valence electrons. The molecule has 2 aromatic carbocycles. The average molecular weight is 293 g/mol. The fraction of sp³-hybridized carbons (Fsp3) is 0.294. The van der Waals surface area contributed by atoms with Crippen LogP contribution in [-0.4, -0.2) is 0 Å². The van der Waals surface area contributed by atoms with Gasteiger partial charge in [0.05, 0.1) is 11.7 Å². The van der Waals surface area contributed by atoms with Gasteiger partial charge in [0.25, 0.3) is 0 Å². The Bertz CT molecular complexity index is 584. The van der Waals surface area contributed by atoms with Crippen molar-refractivity contribution in [2.75, 3.05) is 5.32 Å². The lowest BCUT2D eigenvalue weighted by Gasteiger charge is -2.21. The highest BCUT2D eigenvalue weighted by Crippen LogP contribution is 2.27. The van der Waals surface area contributed by atoms with Crippen LogP contribution in [0, 0.1) is 17.5 Å². The molecule has 1 nitrogen and oxygen atoms in total. The van der Waals surface area contributed by atoms with Crippen molar-refractivity contribution in [2.24, 2.45) is 0 Å².